The van der Waals surface area contributed by atoms with Gasteiger partial charge in [0.25, 0.3) is 0 Å². The van der Waals surface area contributed by atoms with Crippen LogP contribution in [-0.2, 0) is 26.0 Å². The van der Waals surface area contributed by atoms with Crippen LogP contribution < -0.4 is 14.9 Å². The Kier molecular flexibility index (Phi) is 6.45. The molecule has 0 aliphatic carbocycles. The maximum Gasteiger partial charge on any atom is 0.232 e. The Balaban J connectivity index is 2.07. The molecule has 8 nitrogen and oxygen atoms in total. The first-order valence-electron chi connectivity index (χ1n) is 8.46. The number of nitrogens with one attached hydrogen (secondary N) is 2. The molecule has 0 saturated heterocycles. The fraction of sp³-hybridized carbons (Fsp3) is 0.389. The van der Waals surface area contributed by atoms with Gasteiger partial charge in [-0.15, -0.1) is 11.3 Å². The summed E-state index contributed by atoms with van der Waals surface area (Å²) in [6.45, 7) is 5.40. The van der Waals surface area contributed by atoms with Crippen LogP contribution in [-0.4, -0.2) is 38.5 Å². The Labute approximate surface area is 169 Å². The number of nitrogens with zero attached hydrogens (tertiary/aromatic N) is 2. The molecule has 0 spiro atoms. The summed E-state index contributed by atoms with van der Waals surface area (Å²) in [6, 6.07) is 6.64. The number of sulfonamides is 1. The number of hydrogen-bond donors (Lipinski definition) is 2. The van der Waals surface area contributed by atoms with Crippen LogP contribution in [0.4, 0.5) is 16.5 Å². The normalized spacial score (nSPS) is 11.8. The van der Waals surface area contributed by atoms with Crippen LogP contribution >= 0.6 is 11.3 Å². The molecular formula is C18H24N4O4S2. The number of hydrogen-bond acceptors (Lipinski definition) is 6. The van der Waals surface area contributed by atoms with Crippen molar-refractivity contribution in [3.63, 3.8) is 0 Å². The van der Waals surface area contributed by atoms with E-state index in [2.05, 4.69) is 15.6 Å². The van der Waals surface area contributed by atoms with Gasteiger partial charge >= 0.3 is 0 Å². The predicted molar refractivity (Wildman–Crippen MR) is 112 cm³/mol. The summed E-state index contributed by atoms with van der Waals surface area (Å²) < 4.78 is 24.7. The van der Waals surface area contributed by atoms with Gasteiger partial charge in [-0.05, 0) is 12.1 Å². The van der Waals surface area contributed by atoms with Crippen LogP contribution in [0.25, 0.3) is 0 Å². The van der Waals surface area contributed by atoms with E-state index in [1.54, 1.807) is 50.4 Å². The van der Waals surface area contributed by atoms with E-state index < -0.39 is 15.4 Å². The molecule has 1 aromatic carbocycles. The smallest absolute Gasteiger partial charge is 0.232 e. The lowest BCUT2D eigenvalue weighted by Gasteiger charge is -2.20. The summed E-state index contributed by atoms with van der Waals surface area (Å²) in [6.07, 6.45) is 1.09. The van der Waals surface area contributed by atoms with E-state index in [0.717, 1.165) is 10.6 Å². The van der Waals surface area contributed by atoms with Crippen molar-refractivity contribution >= 4 is 49.7 Å². The Morgan fingerprint density at radius 1 is 1.18 bits per heavy atom. The van der Waals surface area contributed by atoms with Gasteiger partial charge in [-0.25, -0.2) is 13.4 Å². The molecule has 2 rings (SSSR count). The average molecular weight is 425 g/mol. The van der Waals surface area contributed by atoms with Crippen molar-refractivity contribution < 1.29 is 18.0 Å². The number of rotatable bonds is 6. The van der Waals surface area contributed by atoms with Gasteiger partial charge in [0.05, 0.1) is 29.7 Å². The third kappa shape index (κ3) is 5.77. The van der Waals surface area contributed by atoms with Gasteiger partial charge in [-0.3, -0.25) is 13.9 Å². The highest BCUT2D eigenvalue weighted by Crippen LogP contribution is 2.27. The highest BCUT2D eigenvalue weighted by Gasteiger charge is 2.22. The molecule has 1 heterocycles. The Morgan fingerprint density at radius 3 is 2.43 bits per heavy atom. The summed E-state index contributed by atoms with van der Waals surface area (Å²) in [5.41, 5.74) is 0.728. The van der Waals surface area contributed by atoms with Crippen molar-refractivity contribution in [2.45, 2.75) is 27.2 Å². The zero-order chi connectivity index (χ0) is 21.1. The number of benzene rings is 1. The number of aromatic nitrogens is 1. The highest BCUT2D eigenvalue weighted by atomic mass is 32.2. The largest absolute Gasteiger partial charge is 0.324 e. The standard InChI is InChI=1S/C18H24N4O4S2/c1-18(2,3)16(24)21-17-19-12(11-27-17)10-15(23)20-13-8-6-7-9-14(13)22(4)28(5,25)26/h6-9,11H,10H2,1-5H3,(H,20,23)(H,19,21,24). The van der Waals surface area contributed by atoms with Crippen molar-refractivity contribution in [2.24, 2.45) is 5.41 Å². The summed E-state index contributed by atoms with van der Waals surface area (Å²) >= 11 is 1.24. The molecule has 0 aliphatic heterocycles. The quantitative estimate of drug-likeness (QED) is 0.741. The lowest BCUT2D eigenvalue weighted by Crippen LogP contribution is -2.27. The molecule has 10 heteroatoms. The average Bonchev–Trinajstić information content (AvgIpc) is 2.99. The zero-order valence-corrected chi connectivity index (χ0v) is 18.1. The number of para-hydroxylation sites is 2. The fourth-order valence-corrected chi connectivity index (χ4v) is 3.34. The second-order valence-corrected chi connectivity index (χ2v) is 10.2. The van der Waals surface area contributed by atoms with Crippen LogP contribution in [0.15, 0.2) is 29.6 Å². The van der Waals surface area contributed by atoms with Crippen molar-refractivity contribution in [1.82, 2.24) is 4.98 Å². The lowest BCUT2D eigenvalue weighted by molar-refractivity contribution is -0.123. The van der Waals surface area contributed by atoms with E-state index in [4.69, 9.17) is 0 Å². The van der Waals surface area contributed by atoms with Gasteiger partial charge in [0.2, 0.25) is 21.8 Å². The highest BCUT2D eigenvalue weighted by molar-refractivity contribution is 7.92. The second-order valence-electron chi connectivity index (χ2n) is 7.32. The predicted octanol–water partition coefficient (Wildman–Crippen LogP) is 2.70. The Hall–Kier alpha value is -2.46. The molecule has 2 amide bonds. The molecule has 0 unspecified atom stereocenters. The molecule has 0 fully saturated rings. The first-order chi connectivity index (χ1) is 12.9. The number of thiazole rings is 1. The molecule has 28 heavy (non-hydrogen) atoms. The SMILES string of the molecule is CN(c1ccccc1NC(=O)Cc1csc(NC(=O)C(C)(C)C)n1)S(C)(=O)=O. The van der Waals surface area contributed by atoms with E-state index in [-0.39, 0.29) is 18.2 Å². The van der Waals surface area contributed by atoms with Gasteiger partial charge in [-0.2, -0.15) is 0 Å². The maximum atomic E-state index is 12.4. The van der Waals surface area contributed by atoms with E-state index in [1.165, 1.54) is 18.4 Å². The zero-order valence-electron chi connectivity index (χ0n) is 16.4. The summed E-state index contributed by atoms with van der Waals surface area (Å²) in [5, 5.41) is 7.58. The van der Waals surface area contributed by atoms with Gasteiger partial charge < -0.3 is 10.6 Å². The van der Waals surface area contributed by atoms with E-state index in [0.29, 0.717) is 22.2 Å². The fourth-order valence-electron chi connectivity index (χ4n) is 2.12. The number of anilines is 3. The van der Waals surface area contributed by atoms with E-state index in [9.17, 15) is 18.0 Å². The van der Waals surface area contributed by atoms with Crippen molar-refractivity contribution in [3.05, 3.63) is 35.3 Å². The first kappa shape index (κ1) is 21.8. The molecule has 2 aromatic rings. The van der Waals surface area contributed by atoms with Gasteiger partial charge in [0.15, 0.2) is 5.13 Å². The van der Waals surface area contributed by atoms with Crippen LogP contribution in [0, 0.1) is 5.41 Å². The van der Waals surface area contributed by atoms with Gasteiger partial charge in [0, 0.05) is 17.8 Å². The molecular weight excluding hydrogens is 400 g/mol. The lowest BCUT2D eigenvalue weighted by atomic mass is 9.96. The maximum absolute atomic E-state index is 12.4. The Morgan fingerprint density at radius 2 is 1.82 bits per heavy atom. The molecule has 0 atom stereocenters. The van der Waals surface area contributed by atoms with Gasteiger partial charge in [0.1, 0.15) is 0 Å². The summed E-state index contributed by atoms with van der Waals surface area (Å²) in [4.78, 5) is 28.7. The van der Waals surface area contributed by atoms with E-state index in [1.807, 2.05) is 0 Å². The third-order valence-electron chi connectivity index (χ3n) is 3.81. The van der Waals surface area contributed by atoms with Crippen molar-refractivity contribution in [2.75, 3.05) is 28.2 Å². The number of amides is 2. The number of carbonyl (C=O) groups is 2. The molecule has 0 saturated carbocycles. The molecule has 2 N–H and O–H groups in total. The summed E-state index contributed by atoms with van der Waals surface area (Å²) in [7, 11) is -2.04. The van der Waals surface area contributed by atoms with Gasteiger partial charge in [-0.1, -0.05) is 32.9 Å². The van der Waals surface area contributed by atoms with Crippen LogP contribution in [0.2, 0.25) is 0 Å². The summed E-state index contributed by atoms with van der Waals surface area (Å²) in [5.74, 6) is -0.496. The minimum atomic E-state index is -3.46. The number of carbonyl (C=O) groups excluding carboxylic acids is 2. The van der Waals surface area contributed by atoms with Crippen LogP contribution in [0.1, 0.15) is 26.5 Å². The topological polar surface area (TPSA) is 108 Å². The molecule has 0 radical (unpaired) electrons. The molecule has 152 valence electrons. The molecule has 1 aromatic heterocycles. The minimum absolute atomic E-state index is 0.00118. The monoisotopic (exact) mass is 424 g/mol. The second kappa shape index (κ2) is 8.27. The minimum Gasteiger partial charge on any atom is -0.324 e. The van der Waals surface area contributed by atoms with E-state index >= 15 is 0 Å². The molecule has 0 aliphatic rings. The van der Waals surface area contributed by atoms with Crippen molar-refractivity contribution in [3.8, 4) is 0 Å². The van der Waals surface area contributed by atoms with Crippen LogP contribution in [0.5, 0.6) is 0 Å². The Bertz CT molecular complexity index is 977. The van der Waals surface area contributed by atoms with Crippen LogP contribution in [0.3, 0.4) is 0 Å². The molecule has 0 bridgehead atoms. The van der Waals surface area contributed by atoms with Crippen molar-refractivity contribution in [1.29, 1.82) is 0 Å². The first-order valence-corrected chi connectivity index (χ1v) is 11.2. The third-order valence-corrected chi connectivity index (χ3v) is 5.81.